The van der Waals surface area contributed by atoms with Crippen molar-refractivity contribution in [2.75, 3.05) is 0 Å². The van der Waals surface area contributed by atoms with E-state index in [4.69, 9.17) is 5.73 Å². The Hall–Kier alpha value is -0.900. The van der Waals surface area contributed by atoms with E-state index in [2.05, 4.69) is 22.1 Å². The van der Waals surface area contributed by atoms with E-state index in [1.165, 1.54) is 12.8 Å². The number of hydrogen-bond donors (Lipinski definition) is 2. The van der Waals surface area contributed by atoms with Crippen LogP contribution in [0.4, 0.5) is 0 Å². The predicted molar refractivity (Wildman–Crippen MR) is 50.3 cm³/mol. The molecule has 0 radical (unpaired) electrons. The molecule has 1 atom stereocenters. The van der Waals surface area contributed by atoms with Crippen molar-refractivity contribution in [3.63, 3.8) is 0 Å². The second kappa shape index (κ2) is 3.46. The second-order valence-corrected chi connectivity index (χ2v) is 3.79. The summed E-state index contributed by atoms with van der Waals surface area (Å²) in [7, 11) is 0. The highest BCUT2D eigenvalue weighted by Crippen LogP contribution is 2.37. The van der Waals surface area contributed by atoms with E-state index in [9.17, 15) is 0 Å². The summed E-state index contributed by atoms with van der Waals surface area (Å²) >= 11 is 0. The number of nitrogens with zero attached hydrogens (tertiary/aromatic N) is 2. The summed E-state index contributed by atoms with van der Waals surface area (Å²) in [6.07, 6.45) is 4.30. The topological polar surface area (TPSA) is 67.6 Å². The molecule has 1 aliphatic carbocycles. The van der Waals surface area contributed by atoms with Gasteiger partial charge in [-0.3, -0.25) is 5.10 Å². The Labute approximate surface area is 77.9 Å². The number of hydrogen-bond acceptors (Lipinski definition) is 3. The maximum Gasteiger partial charge on any atom is 0.153 e. The number of H-pyrrole nitrogens is 1. The molecule has 4 nitrogen and oxygen atoms in total. The van der Waals surface area contributed by atoms with Gasteiger partial charge in [0.15, 0.2) is 5.82 Å². The molecule has 13 heavy (non-hydrogen) atoms. The standard InChI is InChI=1S/C9H16N4/c1-2-7(10)5-8-11-9(13-12-8)6-3-4-6/h6-7H,2-5,10H2,1H3,(H,11,12,13). The van der Waals surface area contributed by atoms with E-state index in [-0.39, 0.29) is 6.04 Å². The van der Waals surface area contributed by atoms with E-state index < -0.39 is 0 Å². The van der Waals surface area contributed by atoms with Crippen molar-refractivity contribution in [3.8, 4) is 0 Å². The van der Waals surface area contributed by atoms with Crippen molar-refractivity contribution in [2.24, 2.45) is 5.73 Å². The first-order valence-corrected chi connectivity index (χ1v) is 4.96. The van der Waals surface area contributed by atoms with Crippen LogP contribution in [0.3, 0.4) is 0 Å². The van der Waals surface area contributed by atoms with Gasteiger partial charge in [0.05, 0.1) is 0 Å². The fraction of sp³-hybridized carbons (Fsp3) is 0.778. The minimum atomic E-state index is 0.208. The van der Waals surface area contributed by atoms with Gasteiger partial charge in [0, 0.05) is 18.4 Å². The SMILES string of the molecule is CCC(N)Cc1nc(C2CC2)n[nH]1. The molecule has 0 amide bonds. The lowest BCUT2D eigenvalue weighted by Gasteiger charge is -2.03. The monoisotopic (exact) mass is 180 g/mol. The van der Waals surface area contributed by atoms with Gasteiger partial charge in [0.2, 0.25) is 0 Å². The average Bonchev–Trinajstić information content (AvgIpc) is 2.88. The van der Waals surface area contributed by atoms with Gasteiger partial charge in [-0.15, -0.1) is 0 Å². The van der Waals surface area contributed by atoms with Crippen LogP contribution in [0.25, 0.3) is 0 Å². The molecule has 4 heteroatoms. The summed E-state index contributed by atoms with van der Waals surface area (Å²) in [5.41, 5.74) is 5.82. The maximum absolute atomic E-state index is 5.82. The third-order valence-corrected chi connectivity index (χ3v) is 2.47. The molecule has 3 N–H and O–H groups in total. The summed E-state index contributed by atoms with van der Waals surface area (Å²) in [6, 6.07) is 0.208. The van der Waals surface area contributed by atoms with Gasteiger partial charge in [-0.2, -0.15) is 5.10 Å². The summed E-state index contributed by atoms with van der Waals surface area (Å²) in [6.45, 7) is 2.09. The van der Waals surface area contributed by atoms with Crippen molar-refractivity contribution >= 4 is 0 Å². The number of aromatic amines is 1. The molecule has 1 unspecified atom stereocenters. The van der Waals surface area contributed by atoms with Gasteiger partial charge in [-0.25, -0.2) is 4.98 Å². The highest BCUT2D eigenvalue weighted by molar-refractivity contribution is 5.05. The molecule has 0 aliphatic heterocycles. The molecule has 1 heterocycles. The summed E-state index contributed by atoms with van der Waals surface area (Å²) in [4.78, 5) is 4.41. The van der Waals surface area contributed by atoms with Crippen LogP contribution >= 0.6 is 0 Å². The molecule has 72 valence electrons. The Balaban J connectivity index is 1.96. The molecule has 1 aliphatic rings. The number of aromatic nitrogens is 3. The van der Waals surface area contributed by atoms with E-state index in [1.54, 1.807) is 0 Å². The van der Waals surface area contributed by atoms with Crippen molar-refractivity contribution in [3.05, 3.63) is 11.6 Å². The zero-order valence-corrected chi connectivity index (χ0v) is 7.95. The predicted octanol–water partition coefficient (Wildman–Crippen LogP) is 0.962. The maximum atomic E-state index is 5.82. The Bertz CT molecular complexity index is 277. The Morgan fingerprint density at radius 3 is 3.00 bits per heavy atom. The highest BCUT2D eigenvalue weighted by atomic mass is 15.2. The summed E-state index contributed by atoms with van der Waals surface area (Å²) < 4.78 is 0. The molecule has 1 aromatic rings. The number of rotatable bonds is 4. The van der Waals surface area contributed by atoms with Crippen molar-refractivity contribution < 1.29 is 0 Å². The first-order valence-electron chi connectivity index (χ1n) is 4.96. The van der Waals surface area contributed by atoms with Crippen LogP contribution in [-0.4, -0.2) is 21.2 Å². The van der Waals surface area contributed by atoms with Crippen LogP contribution in [0.1, 0.15) is 43.8 Å². The molecule has 0 aromatic carbocycles. The lowest BCUT2D eigenvalue weighted by Crippen LogP contribution is -2.22. The van der Waals surface area contributed by atoms with E-state index in [0.717, 1.165) is 24.5 Å². The Morgan fingerprint density at radius 1 is 1.62 bits per heavy atom. The first kappa shape index (κ1) is 8.69. The molecular weight excluding hydrogens is 164 g/mol. The molecule has 1 fully saturated rings. The molecule has 0 spiro atoms. The zero-order valence-electron chi connectivity index (χ0n) is 7.95. The van der Waals surface area contributed by atoms with Gasteiger partial charge >= 0.3 is 0 Å². The van der Waals surface area contributed by atoms with Crippen LogP contribution < -0.4 is 5.73 Å². The smallest absolute Gasteiger partial charge is 0.153 e. The van der Waals surface area contributed by atoms with E-state index in [0.29, 0.717) is 5.92 Å². The highest BCUT2D eigenvalue weighted by Gasteiger charge is 2.27. The molecule has 2 rings (SSSR count). The van der Waals surface area contributed by atoms with Crippen molar-refractivity contribution in [1.29, 1.82) is 0 Å². The third kappa shape index (κ3) is 2.06. The molecule has 1 aromatic heterocycles. The van der Waals surface area contributed by atoms with Gasteiger partial charge in [-0.1, -0.05) is 6.92 Å². The molecule has 0 bridgehead atoms. The normalized spacial score (nSPS) is 18.9. The largest absolute Gasteiger partial charge is 0.327 e. The summed E-state index contributed by atoms with van der Waals surface area (Å²) in [5, 5.41) is 7.13. The Morgan fingerprint density at radius 2 is 2.38 bits per heavy atom. The minimum absolute atomic E-state index is 0.208. The molecule has 0 saturated heterocycles. The molecular formula is C9H16N4. The van der Waals surface area contributed by atoms with Crippen LogP contribution in [0, 0.1) is 0 Å². The average molecular weight is 180 g/mol. The Kier molecular flexibility index (Phi) is 2.31. The third-order valence-electron chi connectivity index (χ3n) is 2.47. The van der Waals surface area contributed by atoms with Crippen LogP contribution in [0.15, 0.2) is 0 Å². The number of nitrogens with one attached hydrogen (secondary N) is 1. The molecule has 1 saturated carbocycles. The fourth-order valence-corrected chi connectivity index (χ4v) is 1.32. The quantitative estimate of drug-likeness (QED) is 0.725. The van der Waals surface area contributed by atoms with Crippen LogP contribution in [-0.2, 0) is 6.42 Å². The zero-order chi connectivity index (χ0) is 9.26. The number of nitrogens with two attached hydrogens (primary N) is 1. The lowest BCUT2D eigenvalue weighted by molar-refractivity contribution is 0.626. The van der Waals surface area contributed by atoms with Crippen LogP contribution in [0.2, 0.25) is 0 Å². The second-order valence-electron chi connectivity index (χ2n) is 3.79. The fourth-order valence-electron chi connectivity index (χ4n) is 1.32. The van der Waals surface area contributed by atoms with Gasteiger partial charge in [0.25, 0.3) is 0 Å². The lowest BCUT2D eigenvalue weighted by atomic mass is 10.2. The van der Waals surface area contributed by atoms with E-state index in [1.807, 2.05) is 0 Å². The minimum Gasteiger partial charge on any atom is -0.327 e. The van der Waals surface area contributed by atoms with E-state index >= 15 is 0 Å². The van der Waals surface area contributed by atoms with Gasteiger partial charge in [0.1, 0.15) is 5.82 Å². The summed E-state index contributed by atoms with van der Waals surface area (Å²) in [5.74, 6) is 2.55. The first-order chi connectivity index (χ1) is 6.29. The van der Waals surface area contributed by atoms with Gasteiger partial charge in [-0.05, 0) is 19.3 Å². The van der Waals surface area contributed by atoms with Crippen molar-refractivity contribution in [2.45, 2.75) is 44.6 Å². The van der Waals surface area contributed by atoms with Crippen LogP contribution in [0.5, 0.6) is 0 Å². The van der Waals surface area contributed by atoms with Gasteiger partial charge < -0.3 is 5.73 Å². The van der Waals surface area contributed by atoms with Crippen molar-refractivity contribution in [1.82, 2.24) is 15.2 Å².